The fourth-order valence-electron chi connectivity index (χ4n) is 3.62. The predicted octanol–water partition coefficient (Wildman–Crippen LogP) is 4.42. The molecular weight excluding hydrogens is 206 g/mol. The summed E-state index contributed by atoms with van der Waals surface area (Å²) in [6.07, 6.45) is 18.3. The van der Waals surface area contributed by atoms with E-state index in [-0.39, 0.29) is 0 Å². The molecule has 0 aliphatic heterocycles. The van der Waals surface area contributed by atoms with Crippen LogP contribution in [0.1, 0.15) is 70.6 Å². The van der Waals surface area contributed by atoms with E-state index in [0.717, 1.165) is 18.4 Å². The zero-order valence-corrected chi connectivity index (χ0v) is 11.3. The van der Waals surface area contributed by atoms with Gasteiger partial charge in [0.1, 0.15) is 0 Å². The SMILES string of the molecule is NCC(=CC1CCCCCC1)C1CCCCC1. The van der Waals surface area contributed by atoms with Gasteiger partial charge in [0.05, 0.1) is 0 Å². The number of hydrogen-bond acceptors (Lipinski definition) is 1. The van der Waals surface area contributed by atoms with E-state index in [1.165, 1.54) is 70.6 Å². The molecule has 2 saturated carbocycles. The molecule has 0 aromatic heterocycles. The summed E-state index contributed by atoms with van der Waals surface area (Å²) in [6.45, 7) is 0.807. The second-order valence-electron chi connectivity index (χ2n) is 6.03. The Kier molecular flexibility index (Phi) is 5.57. The predicted molar refractivity (Wildman–Crippen MR) is 74.9 cm³/mol. The van der Waals surface area contributed by atoms with Crippen molar-refractivity contribution in [2.75, 3.05) is 6.54 Å². The van der Waals surface area contributed by atoms with Crippen molar-refractivity contribution in [3.05, 3.63) is 11.6 Å². The lowest BCUT2D eigenvalue weighted by atomic mass is 9.82. The van der Waals surface area contributed by atoms with E-state index in [4.69, 9.17) is 5.73 Å². The molecule has 98 valence electrons. The monoisotopic (exact) mass is 235 g/mol. The molecule has 0 saturated heterocycles. The molecule has 0 heterocycles. The molecule has 2 aliphatic carbocycles. The first-order valence-electron chi connectivity index (χ1n) is 7.81. The van der Waals surface area contributed by atoms with Crippen LogP contribution in [0.15, 0.2) is 11.6 Å². The van der Waals surface area contributed by atoms with Crippen molar-refractivity contribution in [2.24, 2.45) is 17.6 Å². The minimum atomic E-state index is 0.807. The number of nitrogens with two attached hydrogens (primary N) is 1. The summed E-state index contributed by atoms with van der Waals surface area (Å²) in [5, 5.41) is 0. The average molecular weight is 235 g/mol. The maximum absolute atomic E-state index is 5.99. The number of allylic oxidation sites excluding steroid dienone is 1. The highest BCUT2D eigenvalue weighted by atomic mass is 14.5. The summed E-state index contributed by atoms with van der Waals surface area (Å²) in [5.41, 5.74) is 7.59. The van der Waals surface area contributed by atoms with E-state index < -0.39 is 0 Å². The first kappa shape index (κ1) is 13.1. The zero-order chi connectivity index (χ0) is 11.9. The Labute approximate surface area is 107 Å². The van der Waals surface area contributed by atoms with Crippen LogP contribution >= 0.6 is 0 Å². The third-order valence-corrected chi connectivity index (χ3v) is 4.71. The summed E-state index contributed by atoms with van der Waals surface area (Å²) in [6, 6.07) is 0. The van der Waals surface area contributed by atoms with Gasteiger partial charge in [-0.15, -0.1) is 0 Å². The molecule has 0 bridgehead atoms. The molecule has 2 rings (SSSR count). The van der Waals surface area contributed by atoms with Gasteiger partial charge in [0, 0.05) is 6.54 Å². The Morgan fingerprint density at radius 2 is 1.35 bits per heavy atom. The van der Waals surface area contributed by atoms with Crippen molar-refractivity contribution in [2.45, 2.75) is 70.6 Å². The van der Waals surface area contributed by atoms with Gasteiger partial charge < -0.3 is 5.73 Å². The van der Waals surface area contributed by atoms with Gasteiger partial charge in [-0.25, -0.2) is 0 Å². The van der Waals surface area contributed by atoms with Gasteiger partial charge in [-0.1, -0.05) is 56.6 Å². The van der Waals surface area contributed by atoms with Crippen LogP contribution in [0.5, 0.6) is 0 Å². The highest BCUT2D eigenvalue weighted by molar-refractivity contribution is 5.11. The molecule has 2 fully saturated rings. The molecule has 0 radical (unpaired) electrons. The molecule has 0 atom stereocenters. The first-order valence-corrected chi connectivity index (χ1v) is 7.81. The van der Waals surface area contributed by atoms with Crippen LogP contribution in [-0.4, -0.2) is 6.54 Å². The number of rotatable bonds is 3. The summed E-state index contributed by atoms with van der Waals surface area (Å²) in [4.78, 5) is 0. The molecule has 0 unspecified atom stereocenters. The van der Waals surface area contributed by atoms with Gasteiger partial charge in [0.2, 0.25) is 0 Å². The van der Waals surface area contributed by atoms with Crippen LogP contribution in [0.3, 0.4) is 0 Å². The lowest BCUT2D eigenvalue weighted by Crippen LogP contribution is -2.17. The van der Waals surface area contributed by atoms with E-state index in [2.05, 4.69) is 6.08 Å². The highest BCUT2D eigenvalue weighted by Gasteiger charge is 2.18. The Hall–Kier alpha value is -0.300. The van der Waals surface area contributed by atoms with Gasteiger partial charge in [0.15, 0.2) is 0 Å². The van der Waals surface area contributed by atoms with Crippen molar-refractivity contribution in [1.82, 2.24) is 0 Å². The van der Waals surface area contributed by atoms with Crippen molar-refractivity contribution in [1.29, 1.82) is 0 Å². The smallest absolute Gasteiger partial charge is 0.0139 e. The van der Waals surface area contributed by atoms with E-state index in [1.54, 1.807) is 5.57 Å². The summed E-state index contributed by atoms with van der Waals surface area (Å²) in [7, 11) is 0. The second kappa shape index (κ2) is 7.20. The fourth-order valence-corrected chi connectivity index (χ4v) is 3.62. The lowest BCUT2D eigenvalue weighted by molar-refractivity contribution is 0.395. The van der Waals surface area contributed by atoms with Crippen LogP contribution in [0.25, 0.3) is 0 Å². The van der Waals surface area contributed by atoms with E-state index in [1.807, 2.05) is 0 Å². The molecular formula is C16H29N. The maximum atomic E-state index is 5.99. The van der Waals surface area contributed by atoms with Gasteiger partial charge in [-0.3, -0.25) is 0 Å². The minimum absolute atomic E-state index is 0.807. The third-order valence-electron chi connectivity index (χ3n) is 4.71. The topological polar surface area (TPSA) is 26.0 Å². The average Bonchev–Trinajstić information content (AvgIpc) is 2.65. The molecule has 1 heteroatoms. The number of hydrogen-bond donors (Lipinski definition) is 1. The quantitative estimate of drug-likeness (QED) is 0.568. The molecule has 0 spiro atoms. The van der Waals surface area contributed by atoms with Crippen LogP contribution in [0, 0.1) is 11.8 Å². The highest BCUT2D eigenvalue weighted by Crippen LogP contribution is 2.32. The summed E-state index contributed by atoms with van der Waals surface area (Å²) in [5.74, 6) is 1.68. The van der Waals surface area contributed by atoms with Gasteiger partial charge in [-0.05, 0) is 37.5 Å². The summed E-state index contributed by atoms with van der Waals surface area (Å²) >= 11 is 0. The largest absolute Gasteiger partial charge is 0.327 e. The van der Waals surface area contributed by atoms with Crippen molar-refractivity contribution >= 4 is 0 Å². The first-order chi connectivity index (χ1) is 8.40. The lowest BCUT2D eigenvalue weighted by Gasteiger charge is -2.25. The van der Waals surface area contributed by atoms with Crippen molar-refractivity contribution in [3.63, 3.8) is 0 Å². The summed E-state index contributed by atoms with van der Waals surface area (Å²) < 4.78 is 0. The van der Waals surface area contributed by atoms with E-state index in [0.29, 0.717) is 0 Å². The van der Waals surface area contributed by atoms with Gasteiger partial charge >= 0.3 is 0 Å². The Bertz CT molecular complexity index is 230. The van der Waals surface area contributed by atoms with Crippen molar-refractivity contribution in [3.8, 4) is 0 Å². The van der Waals surface area contributed by atoms with Crippen LogP contribution in [0.2, 0.25) is 0 Å². The Morgan fingerprint density at radius 1 is 0.824 bits per heavy atom. The molecule has 17 heavy (non-hydrogen) atoms. The van der Waals surface area contributed by atoms with Crippen LogP contribution in [-0.2, 0) is 0 Å². The van der Waals surface area contributed by atoms with Crippen LogP contribution in [0.4, 0.5) is 0 Å². The maximum Gasteiger partial charge on any atom is 0.0139 e. The van der Waals surface area contributed by atoms with Gasteiger partial charge in [-0.2, -0.15) is 0 Å². The Morgan fingerprint density at radius 3 is 1.94 bits per heavy atom. The van der Waals surface area contributed by atoms with Gasteiger partial charge in [0.25, 0.3) is 0 Å². The molecule has 0 amide bonds. The zero-order valence-electron chi connectivity index (χ0n) is 11.3. The second-order valence-corrected chi connectivity index (χ2v) is 6.03. The van der Waals surface area contributed by atoms with E-state index >= 15 is 0 Å². The van der Waals surface area contributed by atoms with E-state index in [9.17, 15) is 0 Å². The molecule has 2 aliphatic rings. The molecule has 0 aromatic rings. The molecule has 1 nitrogen and oxygen atoms in total. The third kappa shape index (κ3) is 4.13. The van der Waals surface area contributed by atoms with Crippen LogP contribution < -0.4 is 5.73 Å². The fraction of sp³-hybridized carbons (Fsp3) is 0.875. The molecule has 2 N–H and O–H groups in total. The van der Waals surface area contributed by atoms with Crippen molar-refractivity contribution < 1.29 is 0 Å². The minimum Gasteiger partial charge on any atom is -0.327 e. The normalized spacial score (nSPS) is 25.8. The molecule has 0 aromatic carbocycles. The standard InChI is InChI=1S/C16H29N/c17-13-16(15-10-6-3-7-11-15)12-14-8-4-1-2-5-9-14/h12,14-15H,1-11,13,17H2. The Balaban J connectivity index is 1.94.